The molecular formula is C22H28N4O2S. The van der Waals surface area contributed by atoms with E-state index in [-0.39, 0.29) is 11.8 Å². The smallest absolute Gasteiger partial charge is 0.238 e. The average molecular weight is 413 g/mol. The molecule has 2 aromatic rings. The molecule has 1 saturated heterocycles. The van der Waals surface area contributed by atoms with E-state index in [2.05, 4.69) is 20.4 Å². The standard InChI is InChI=1S/C22H28N4O2S/c1-29-20-9-5-8-19(14-20)24-22(28)17-26-12-10-25(11-13-26)16-21(27)23-15-18-6-3-2-4-7-18/h2-9,14H,10-13,15-17H2,1H3,(H,23,27)(H,24,28). The van der Waals surface area contributed by atoms with Gasteiger partial charge in [0.1, 0.15) is 0 Å². The Bertz CT molecular complexity index is 807. The van der Waals surface area contributed by atoms with Gasteiger partial charge in [-0.15, -0.1) is 11.8 Å². The molecule has 0 radical (unpaired) electrons. The van der Waals surface area contributed by atoms with Crippen molar-refractivity contribution in [3.63, 3.8) is 0 Å². The zero-order valence-electron chi connectivity index (χ0n) is 16.8. The highest BCUT2D eigenvalue weighted by Crippen LogP contribution is 2.18. The van der Waals surface area contributed by atoms with Crippen molar-refractivity contribution in [2.45, 2.75) is 11.4 Å². The Labute approximate surface area is 176 Å². The number of nitrogens with zero attached hydrogens (tertiary/aromatic N) is 2. The summed E-state index contributed by atoms with van der Waals surface area (Å²) in [5, 5.41) is 5.93. The normalized spacial score (nSPS) is 15.1. The predicted octanol–water partition coefficient (Wildman–Crippen LogP) is 2.28. The van der Waals surface area contributed by atoms with Crippen LogP contribution in [0.5, 0.6) is 0 Å². The summed E-state index contributed by atoms with van der Waals surface area (Å²) in [7, 11) is 0. The van der Waals surface area contributed by atoms with Gasteiger partial charge in [-0.3, -0.25) is 19.4 Å². The maximum absolute atomic E-state index is 12.3. The molecule has 29 heavy (non-hydrogen) atoms. The maximum atomic E-state index is 12.3. The summed E-state index contributed by atoms with van der Waals surface area (Å²) in [6.45, 7) is 4.46. The Hall–Kier alpha value is -2.35. The molecule has 1 aliphatic rings. The lowest BCUT2D eigenvalue weighted by Gasteiger charge is -2.33. The molecule has 0 aromatic heterocycles. The molecule has 0 spiro atoms. The van der Waals surface area contributed by atoms with Gasteiger partial charge in [0.15, 0.2) is 0 Å². The molecular weight excluding hydrogens is 384 g/mol. The molecule has 2 aromatic carbocycles. The Morgan fingerprint density at radius 3 is 2.21 bits per heavy atom. The number of hydrogen-bond donors (Lipinski definition) is 2. The molecule has 2 amide bonds. The number of thioether (sulfide) groups is 1. The van der Waals surface area contributed by atoms with Crippen LogP contribution < -0.4 is 10.6 Å². The number of rotatable bonds is 8. The Balaban J connectivity index is 1.35. The van der Waals surface area contributed by atoms with Crippen molar-refractivity contribution in [3.8, 4) is 0 Å². The molecule has 2 N–H and O–H groups in total. The fourth-order valence-electron chi connectivity index (χ4n) is 3.27. The number of nitrogens with one attached hydrogen (secondary N) is 2. The molecule has 1 heterocycles. The first-order valence-corrected chi connectivity index (χ1v) is 11.0. The number of carbonyl (C=O) groups excluding carboxylic acids is 2. The first-order chi connectivity index (χ1) is 14.1. The van der Waals surface area contributed by atoms with E-state index in [1.54, 1.807) is 11.8 Å². The molecule has 0 aliphatic carbocycles. The van der Waals surface area contributed by atoms with Crippen molar-refractivity contribution in [1.29, 1.82) is 0 Å². The van der Waals surface area contributed by atoms with Crippen molar-refractivity contribution >= 4 is 29.3 Å². The molecule has 0 atom stereocenters. The van der Waals surface area contributed by atoms with Crippen LogP contribution >= 0.6 is 11.8 Å². The predicted molar refractivity (Wildman–Crippen MR) is 118 cm³/mol. The fraction of sp³-hybridized carbons (Fsp3) is 0.364. The van der Waals surface area contributed by atoms with Crippen molar-refractivity contribution in [2.24, 2.45) is 0 Å². The number of carbonyl (C=O) groups is 2. The van der Waals surface area contributed by atoms with Crippen molar-refractivity contribution < 1.29 is 9.59 Å². The van der Waals surface area contributed by atoms with E-state index in [0.717, 1.165) is 42.3 Å². The van der Waals surface area contributed by atoms with Gasteiger partial charge in [0, 0.05) is 43.3 Å². The lowest BCUT2D eigenvalue weighted by atomic mass is 10.2. The highest BCUT2D eigenvalue weighted by Gasteiger charge is 2.20. The van der Waals surface area contributed by atoms with E-state index < -0.39 is 0 Å². The second kappa shape index (κ2) is 11.0. The van der Waals surface area contributed by atoms with Gasteiger partial charge >= 0.3 is 0 Å². The van der Waals surface area contributed by atoms with Crippen LogP contribution in [-0.4, -0.2) is 67.1 Å². The summed E-state index contributed by atoms with van der Waals surface area (Å²) >= 11 is 1.65. The van der Waals surface area contributed by atoms with Gasteiger partial charge in [-0.1, -0.05) is 36.4 Å². The number of hydrogen-bond acceptors (Lipinski definition) is 5. The van der Waals surface area contributed by atoms with Gasteiger partial charge in [0.25, 0.3) is 0 Å². The lowest BCUT2D eigenvalue weighted by molar-refractivity contribution is -0.123. The van der Waals surface area contributed by atoms with Crippen molar-refractivity contribution in [2.75, 3.05) is 50.8 Å². The van der Waals surface area contributed by atoms with Crippen molar-refractivity contribution in [1.82, 2.24) is 15.1 Å². The quantitative estimate of drug-likeness (QED) is 0.652. The van der Waals surface area contributed by atoms with Crippen molar-refractivity contribution in [3.05, 3.63) is 60.2 Å². The first-order valence-electron chi connectivity index (χ1n) is 9.81. The molecule has 0 saturated carbocycles. The van der Waals surface area contributed by atoms with E-state index in [4.69, 9.17) is 0 Å². The van der Waals surface area contributed by atoms with Gasteiger partial charge in [-0.2, -0.15) is 0 Å². The molecule has 1 fully saturated rings. The summed E-state index contributed by atoms with van der Waals surface area (Å²) in [4.78, 5) is 29.9. The van der Waals surface area contributed by atoms with Gasteiger partial charge in [0.2, 0.25) is 11.8 Å². The topological polar surface area (TPSA) is 64.7 Å². The zero-order chi connectivity index (χ0) is 20.5. The Morgan fingerprint density at radius 1 is 0.897 bits per heavy atom. The van der Waals surface area contributed by atoms with E-state index in [0.29, 0.717) is 19.6 Å². The summed E-state index contributed by atoms with van der Waals surface area (Å²) in [6.07, 6.45) is 2.02. The third kappa shape index (κ3) is 7.20. The van der Waals surface area contributed by atoms with Crippen LogP contribution in [0.1, 0.15) is 5.56 Å². The van der Waals surface area contributed by atoms with E-state index in [9.17, 15) is 9.59 Å². The van der Waals surface area contributed by atoms with Crippen LogP contribution in [-0.2, 0) is 16.1 Å². The molecule has 0 bridgehead atoms. The van der Waals surface area contributed by atoms with E-state index in [1.807, 2.05) is 60.9 Å². The van der Waals surface area contributed by atoms with E-state index in [1.165, 1.54) is 0 Å². The van der Waals surface area contributed by atoms with Crippen LogP contribution in [0, 0.1) is 0 Å². The monoisotopic (exact) mass is 412 g/mol. The van der Waals surface area contributed by atoms with E-state index >= 15 is 0 Å². The minimum atomic E-state index is -0.00249. The Morgan fingerprint density at radius 2 is 1.55 bits per heavy atom. The van der Waals surface area contributed by atoms with Gasteiger partial charge < -0.3 is 10.6 Å². The number of piperazine rings is 1. The van der Waals surface area contributed by atoms with Crippen LogP contribution in [0.4, 0.5) is 5.69 Å². The molecule has 7 heteroatoms. The van der Waals surface area contributed by atoms with Crippen LogP contribution in [0.25, 0.3) is 0 Å². The van der Waals surface area contributed by atoms with Gasteiger partial charge in [-0.25, -0.2) is 0 Å². The second-order valence-electron chi connectivity index (χ2n) is 7.09. The number of benzene rings is 2. The van der Waals surface area contributed by atoms with Crippen LogP contribution in [0.3, 0.4) is 0 Å². The summed E-state index contributed by atoms with van der Waals surface area (Å²) < 4.78 is 0. The number of amides is 2. The van der Waals surface area contributed by atoms with Gasteiger partial charge in [-0.05, 0) is 30.0 Å². The van der Waals surface area contributed by atoms with Crippen LogP contribution in [0.15, 0.2) is 59.5 Å². The highest BCUT2D eigenvalue weighted by molar-refractivity contribution is 7.98. The highest BCUT2D eigenvalue weighted by atomic mass is 32.2. The average Bonchev–Trinajstić information content (AvgIpc) is 2.74. The third-order valence-electron chi connectivity index (χ3n) is 4.89. The molecule has 0 unspecified atom stereocenters. The number of anilines is 1. The SMILES string of the molecule is CSc1cccc(NC(=O)CN2CCN(CC(=O)NCc3ccccc3)CC2)c1. The lowest BCUT2D eigenvalue weighted by Crippen LogP contribution is -2.50. The fourth-order valence-corrected chi connectivity index (χ4v) is 3.72. The minimum absolute atomic E-state index is 0.00249. The largest absolute Gasteiger partial charge is 0.351 e. The maximum Gasteiger partial charge on any atom is 0.238 e. The molecule has 1 aliphatic heterocycles. The molecule has 6 nitrogen and oxygen atoms in total. The zero-order valence-corrected chi connectivity index (χ0v) is 17.6. The second-order valence-corrected chi connectivity index (χ2v) is 7.97. The van der Waals surface area contributed by atoms with Crippen LogP contribution in [0.2, 0.25) is 0 Å². The Kier molecular flexibility index (Phi) is 8.10. The molecule has 3 rings (SSSR count). The molecule has 154 valence electrons. The minimum Gasteiger partial charge on any atom is -0.351 e. The summed E-state index contributed by atoms with van der Waals surface area (Å²) in [5.41, 5.74) is 1.93. The van der Waals surface area contributed by atoms with Gasteiger partial charge in [0.05, 0.1) is 13.1 Å². The first kappa shape index (κ1) is 21.4. The summed E-state index contributed by atoms with van der Waals surface area (Å²) in [5.74, 6) is 0.0334. The third-order valence-corrected chi connectivity index (χ3v) is 5.61. The summed E-state index contributed by atoms with van der Waals surface area (Å²) in [6, 6.07) is 17.8.